The summed E-state index contributed by atoms with van der Waals surface area (Å²) in [5.74, 6) is 1.07. The standard InChI is InChI=1S/C23H28N2O4/c1-15-5-6-18(13-16(15)2)23(27)25-11-9-17(10-12-25)22(26)24-20-8-7-19(28-3)14-21(20)29-4/h5-8,13-14,17H,9-12H2,1-4H3,(H,24,26). The Morgan fingerprint density at radius 3 is 2.31 bits per heavy atom. The number of nitrogens with zero attached hydrogens (tertiary/aromatic N) is 1. The topological polar surface area (TPSA) is 67.9 Å². The Morgan fingerprint density at radius 2 is 1.69 bits per heavy atom. The molecule has 154 valence electrons. The first-order chi connectivity index (χ1) is 13.9. The predicted octanol–water partition coefficient (Wildman–Crippen LogP) is 3.81. The molecule has 2 amide bonds. The van der Waals surface area contributed by atoms with Gasteiger partial charge in [0.2, 0.25) is 5.91 Å². The first-order valence-electron chi connectivity index (χ1n) is 9.82. The summed E-state index contributed by atoms with van der Waals surface area (Å²) < 4.78 is 10.5. The molecular weight excluding hydrogens is 368 g/mol. The van der Waals surface area contributed by atoms with E-state index < -0.39 is 0 Å². The SMILES string of the molecule is COc1ccc(NC(=O)C2CCN(C(=O)c3ccc(C)c(C)c3)CC2)c(OC)c1. The highest BCUT2D eigenvalue weighted by Gasteiger charge is 2.28. The molecule has 6 nitrogen and oxygen atoms in total. The summed E-state index contributed by atoms with van der Waals surface area (Å²) in [5, 5.41) is 2.95. The van der Waals surface area contributed by atoms with Gasteiger partial charge in [0.15, 0.2) is 0 Å². The van der Waals surface area contributed by atoms with Gasteiger partial charge in [-0.05, 0) is 62.1 Å². The molecule has 0 saturated carbocycles. The van der Waals surface area contributed by atoms with Crippen molar-refractivity contribution in [3.63, 3.8) is 0 Å². The zero-order valence-electron chi connectivity index (χ0n) is 17.5. The Balaban J connectivity index is 1.59. The molecule has 0 unspecified atom stereocenters. The van der Waals surface area contributed by atoms with E-state index in [1.165, 1.54) is 5.56 Å². The lowest BCUT2D eigenvalue weighted by molar-refractivity contribution is -0.121. The van der Waals surface area contributed by atoms with Crippen molar-refractivity contribution in [2.45, 2.75) is 26.7 Å². The number of anilines is 1. The molecule has 0 aromatic heterocycles. The van der Waals surface area contributed by atoms with E-state index in [2.05, 4.69) is 5.32 Å². The number of likely N-dealkylation sites (tertiary alicyclic amines) is 1. The summed E-state index contributed by atoms with van der Waals surface area (Å²) in [6.45, 7) is 5.19. The number of benzene rings is 2. The van der Waals surface area contributed by atoms with Crippen LogP contribution in [0.1, 0.15) is 34.3 Å². The highest BCUT2D eigenvalue weighted by molar-refractivity contribution is 5.96. The Morgan fingerprint density at radius 1 is 0.966 bits per heavy atom. The van der Waals surface area contributed by atoms with Crippen molar-refractivity contribution in [3.05, 3.63) is 53.1 Å². The third-order valence-corrected chi connectivity index (χ3v) is 5.57. The average molecular weight is 396 g/mol. The number of hydrogen-bond acceptors (Lipinski definition) is 4. The maximum Gasteiger partial charge on any atom is 0.253 e. The number of methoxy groups -OCH3 is 2. The summed E-state index contributed by atoms with van der Waals surface area (Å²) in [6, 6.07) is 11.1. The molecule has 1 N–H and O–H groups in total. The lowest BCUT2D eigenvalue weighted by Crippen LogP contribution is -2.41. The van der Waals surface area contributed by atoms with Crippen LogP contribution in [-0.4, -0.2) is 44.0 Å². The van der Waals surface area contributed by atoms with Crippen molar-refractivity contribution >= 4 is 17.5 Å². The zero-order valence-corrected chi connectivity index (χ0v) is 17.5. The minimum atomic E-state index is -0.134. The Bertz CT molecular complexity index is 902. The van der Waals surface area contributed by atoms with Crippen molar-refractivity contribution in [2.75, 3.05) is 32.6 Å². The lowest BCUT2D eigenvalue weighted by atomic mass is 9.95. The molecule has 1 saturated heterocycles. The van der Waals surface area contributed by atoms with Crippen LogP contribution in [0.3, 0.4) is 0 Å². The fourth-order valence-corrected chi connectivity index (χ4v) is 3.54. The largest absolute Gasteiger partial charge is 0.497 e. The predicted molar refractivity (Wildman–Crippen MR) is 113 cm³/mol. The maximum absolute atomic E-state index is 12.8. The fourth-order valence-electron chi connectivity index (χ4n) is 3.54. The Labute approximate surface area is 171 Å². The van der Waals surface area contributed by atoms with Gasteiger partial charge in [0.25, 0.3) is 5.91 Å². The van der Waals surface area contributed by atoms with E-state index in [-0.39, 0.29) is 17.7 Å². The van der Waals surface area contributed by atoms with E-state index in [9.17, 15) is 9.59 Å². The maximum atomic E-state index is 12.8. The van der Waals surface area contributed by atoms with Crippen LogP contribution >= 0.6 is 0 Å². The summed E-state index contributed by atoms with van der Waals surface area (Å²) in [4.78, 5) is 27.3. The molecule has 1 heterocycles. The smallest absolute Gasteiger partial charge is 0.253 e. The highest BCUT2D eigenvalue weighted by atomic mass is 16.5. The van der Waals surface area contributed by atoms with Crippen molar-refractivity contribution in [1.82, 2.24) is 4.90 Å². The van der Waals surface area contributed by atoms with Crippen LogP contribution in [0.25, 0.3) is 0 Å². The van der Waals surface area contributed by atoms with Crippen LogP contribution in [0, 0.1) is 19.8 Å². The number of piperidine rings is 1. The summed E-state index contributed by atoms with van der Waals surface area (Å²) in [7, 11) is 3.14. The average Bonchev–Trinajstić information content (AvgIpc) is 2.75. The minimum Gasteiger partial charge on any atom is -0.497 e. The summed E-state index contributed by atoms with van der Waals surface area (Å²) in [5.41, 5.74) is 3.61. The molecule has 1 fully saturated rings. The number of carbonyl (C=O) groups is 2. The third kappa shape index (κ3) is 4.70. The molecule has 0 atom stereocenters. The quantitative estimate of drug-likeness (QED) is 0.834. The third-order valence-electron chi connectivity index (χ3n) is 5.57. The molecule has 3 rings (SSSR count). The van der Waals surface area contributed by atoms with Crippen LogP contribution in [0.2, 0.25) is 0 Å². The molecule has 2 aromatic carbocycles. The fraction of sp³-hybridized carbons (Fsp3) is 0.391. The van der Waals surface area contributed by atoms with Crippen LogP contribution < -0.4 is 14.8 Å². The first-order valence-corrected chi connectivity index (χ1v) is 9.82. The van der Waals surface area contributed by atoms with Gasteiger partial charge in [0, 0.05) is 30.6 Å². The van der Waals surface area contributed by atoms with E-state index in [0.717, 1.165) is 5.56 Å². The normalized spacial score (nSPS) is 14.4. The Hall–Kier alpha value is -3.02. The lowest BCUT2D eigenvalue weighted by Gasteiger charge is -2.31. The van der Waals surface area contributed by atoms with Crippen molar-refractivity contribution in [1.29, 1.82) is 0 Å². The number of carbonyl (C=O) groups excluding carboxylic acids is 2. The van der Waals surface area contributed by atoms with Gasteiger partial charge in [-0.1, -0.05) is 6.07 Å². The highest BCUT2D eigenvalue weighted by Crippen LogP contribution is 2.30. The number of aryl methyl sites for hydroxylation is 2. The van der Waals surface area contributed by atoms with Crippen LogP contribution in [0.4, 0.5) is 5.69 Å². The van der Waals surface area contributed by atoms with Gasteiger partial charge in [0.05, 0.1) is 19.9 Å². The van der Waals surface area contributed by atoms with E-state index in [1.54, 1.807) is 32.4 Å². The van der Waals surface area contributed by atoms with Gasteiger partial charge >= 0.3 is 0 Å². The van der Waals surface area contributed by atoms with E-state index in [0.29, 0.717) is 48.7 Å². The molecule has 1 aliphatic rings. The van der Waals surface area contributed by atoms with E-state index in [1.807, 2.05) is 36.9 Å². The van der Waals surface area contributed by atoms with Crippen molar-refractivity contribution in [3.8, 4) is 11.5 Å². The van der Waals surface area contributed by atoms with Gasteiger partial charge in [-0.3, -0.25) is 9.59 Å². The monoisotopic (exact) mass is 396 g/mol. The van der Waals surface area contributed by atoms with Crippen LogP contribution in [-0.2, 0) is 4.79 Å². The molecule has 0 radical (unpaired) electrons. The molecule has 0 bridgehead atoms. The Kier molecular flexibility index (Phi) is 6.42. The molecule has 2 aromatic rings. The van der Waals surface area contributed by atoms with Crippen molar-refractivity contribution < 1.29 is 19.1 Å². The number of rotatable bonds is 5. The second-order valence-corrected chi connectivity index (χ2v) is 7.42. The van der Waals surface area contributed by atoms with E-state index >= 15 is 0 Å². The van der Waals surface area contributed by atoms with E-state index in [4.69, 9.17) is 9.47 Å². The molecule has 1 aliphatic heterocycles. The van der Waals surface area contributed by atoms with Gasteiger partial charge in [-0.25, -0.2) is 0 Å². The van der Waals surface area contributed by atoms with Gasteiger partial charge in [0.1, 0.15) is 11.5 Å². The first kappa shape index (κ1) is 20.7. The molecule has 0 spiro atoms. The number of amides is 2. The second kappa shape index (κ2) is 8.99. The van der Waals surface area contributed by atoms with Crippen LogP contribution in [0.5, 0.6) is 11.5 Å². The number of hydrogen-bond donors (Lipinski definition) is 1. The zero-order chi connectivity index (χ0) is 21.0. The molecule has 0 aliphatic carbocycles. The molecule has 6 heteroatoms. The van der Waals surface area contributed by atoms with Gasteiger partial charge in [-0.15, -0.1) is 0 Å². The minimum absolute atomic E-state index is 0.0313. The summed E-state index contributed by atoms with van der Waals surface area (Å²) >= 11 is 0. The second-order valence-electron chi connectivity index (χ2n) is 7.42. The van der Waals surface area contributed by atoms with Crippen LogP contribution in [0.15, 0.2) is 36.4 Å². The number of ether oxygens (including phenoxy) is 2. The van der Waals surface area contributed by atoms with Gasteiger partial charge in [-0.2, -0.15) is 0 Å². The summed E-state index contributed by atoms with van der Waals surface area (Å²) in [6.07, 6.45) is 1.28. The number of nitrogens with one attached hydrogen (secondary N) is 1. The van der Waals surface area contributed by atoms with Crippen molar-refractivity contribution in [2.24, 2.45) is 5.92 Å². The molecular formula is C23H28N2O4. The molecule has 29 heavy (non-hydrogen) atoms. The van der Waals surface area contributed by atoms with Gasteiger partial charge < -0.3 is 19.7 Å².